The van der Waals surface area contributed by atoms with Gasteiger partial charge >= 0.3 is 0 Å². The first kappa shape index (κ1) is 20.5. The molecule has 7 heteroatoms. The van der Waals surface area contributed by atoms with E-state index in [2.05, 4.69) is 52.5 Å². The Morgan fingerprint density at radius 2 is 2.00 bits per heavy atom. The van der Waals surface area contributed by atoms with Crippen LogP contribution in [-0.4, -0.2) is 49.3 Å². The topological polar surface area (TPSA) is 60.6 Å². The fourth-order valence-corrected chi connectivity index (χ4v) is 4.60. The molecule has 2 saturated heterocycles. The monoisotopic (exact) mass is 417 g/mol. The van der Waals surface area contributed by atoms with Crippen molar-refractivity contribution < 1.29 is 14.0 Å². The fraction of sp³-hybridized carbons (Fsp3) is 0.636. The first-order valence-corrected chi connectivity index (χ1v) is 11.9. The number of nitrogens with zero attached hydrogens (tertiary/aromatic N) is 3. The van der Waals surface area contributed by atoms with Gasteiger partial charge in [0.05, 0.1) is 19.1 Å². The number of piperidine rings is 1. The van der Waals surface area contributed by atoms with Gasteiger partial charge < -0.3 is 18.9 Å². The molecule has 0 spiro atoms. The lowest BCUT2D eigenvalue weighted by molar-refractivity contribution is 0.189. The maximum atomic E-state index is 5.95. The van der Waals surface area contributed by atoms with E-state index in [1.54, 1.807) is 11.8 Å². The minimum Gasteiger partial charge on any atom is -0.494 e. The zero-order chi connectivity index (χ0) is 20.1. The summed E-state index contributed by atoms with van der Waals surface area (Å²) in [5, 5.41) is 4.21. The van der Waals surface area contributed by atoms with E-state index in [9.17, 15) is 0 Å². The third-order valence-electron chi connectivity index (χ3n) is 6.24. The smallest absolute Gasteiger partial charge is 0.266 e. The maximum absolute atomic E-state index is 5.95. The molecule has 2 atom stereocenters. The Hall–Kier alpha value is -1.73. The molecule has 0 amide bonds. The number of hydrogen-bond acceptors (Lipinski definition) is 7. The predicted molar refractivity (Wildman–Crippen MR) is 115 cm³/mol. The highest BCUT2D eigenvalue weighted by Crippen LogP contribution is 2.30. The average molecular weight is 418 g/mol. The summed E-state index contributed by atoms with van der Waals surface area (Å²) >= 11 is 1.75. The van der Waals surface area contributed by atoms with Crippen molar-refractivity contribution in [3.8, 4) is 5.75 Å². The molecule has 6 nitrogen and oxygen atoms in total. The lowest BCUT2D eigenvalue weighted by atomic mass is 9.84. The molecule has 2 fully saturated rings. The summed E-state index contributed by atoms with van der Waals surface area (Å²) in [6.45, 7) is 6.60. The largest absolute Gasteiger partial charge is 0.494 e. The van der Waals surface area contributed by atoms with Crippen molar-refractivity contribution in [3.63, 3.8) is 0 Å². The summed E-state index contributed by atoms with van der Waals surface area (Å²) in [5.74, 6) is 4.09. The van der Waals surface area contributed by atoms with E-state index in [0.29, 0.717) is 12.5 Å². The second-order valence-electron chi connectivity index (χ2n) is 8.11. The predicted octanol–water partition coefficient (Wildman–Crippen LogP) is 4.62. The van der Waals surface area contributed by atoms with E-state index in [1.807, 2.05) is 0 Å². The quantitative estimate of drug-likeness (QED) is 0.581. The highest BCUT2D eigenvalue weighted by atomic mass is 32.2. The maximum Gasteiger partial charge on any atom is 0.266 e. The molecule has 0 N–H and O–H groups in total. The van der Waals surface area contributed by atoms with Gasteiger partial charge in [-0.3, -0.25) is 0 Å². The summed E-state index contributed by atoms with van der Waals surface area (Å²) in [6.07, 6.45) is 6.49. The van der Waals surface area contributed by atoms with Crippen molar-refractivity contribution in [2.75, 3.05) is 44.1 Å². The van der Waals surface area contributed by atoms with Crippen molar-refractivity contribution in [2.24, 2.45) is 11.8 Å². The van der Waals surface area contributed by atoms with Gasteiger partial charge in [0.15, 0.2) is 0 Å². The highest BCUT2D eigenvalue weighted by Gasteiger charge is 2.28. The van der Waals surface area contributed by atoms with Crippen molar-refractivity contribution in [1.29, 1.82) is 0 Å². The van der Waals surface area contributed by atoms with Crippen LogP contribution in [0.25, 0.3) is 0 Å². The number of aromatic nitrogens is 2. The molecule has 0 aliphatic carbocycles. The molecule has 2 unspecified atom stereocenters. The normalized spacial score (nSPS) is 21.4. The van der Waals surface area contributed by atoms with Gasteiger partial charge in [-0.25, -0.2) is 0 Å². The van der Waals surface area contributed by atoms with Gasteiger partial charge in [-0.15, -0.1) is 11.8 Å². The van der Waals surface area contributed by atoms with E-state index < -0.39 is 0 Å². The summed E-state index contributed by atoms with van der Waals surface area (Å²) < 4.78 is 16.9. The molecular formula is C22H31N3O3S. The molecule has 2 aromatic rings. The number of benzene rings is 1. The molecule has 1 aromatic carbocycles. The van der Waals surface area contributed by atoms with Crippen molar-refractivity contribution >= 4 is 17.7 Å². The Kier molecular flexibility index (Phi) is 6.98. The van der Waals surface area contributed by atoms with Crippen molar-refractivity contribution in [3.05, 3.63) is 30.2 Å². The lowest BCUT2D eigenvalue weighted by Crippen LogP contribution is -2.36. The first-order chi connectivity index (χ1) is 14.2. The van der Waals surface area contributed by atoms with Crippen LogP contribution in [0.4, 0.5) is 5.95 Å². The van der Waals surface area contributed by atoms with Crippen LogP contribution in [0, 0.1) is 11.8 Å². The number of hydrogen-bond donors (Lipinski definition) is 0. The number of ether oxygens (including phenoxy) is 2. The summed E-state index contributed by atoms with van der Waals surface area (Å²) in [4.78, 5) is 8.15. The van der Waals surface area contributed by atoms with Crippen LogP contribution >= 0.6 is 11.8 Å². The zero-order valence-corrected chi connectivity index (χ0v) is 18.2. The fourth-order valence-electron chi connectivity index (χ4n) is 4.19. The third-order valence-corrected chi connectivity index (χ3v) is 6.98. The lowest BCUT2D eigenvalue weighted by Gasteiger charge is -2.34. The molecule has 0 radical (unpaired) electrons. The van der Waals surface area contributed by atoms with Gasteiger partial charge in [0.2, 0.25) is 5.89 Å². The van der Waals surface area contributed by atoms with Crippen LogP contribution < -0.4 is 9.64 Å². The second kappa shape index (κ2) is 9.85. The Morgan fingerprint density at radius 1 is 1.21 bits per heavy atom. The van der Waals surface area contributed by atoms with Gasteiger partial charge in [0.1, 0.15) is 5.75 Å². The first-order valence-electron chi connectivity index (χ1n) is 10.7. The number of thioether (sulfide) groups is 1. The van der Waals surface area contributed by atoms with Crippen molar-refractivity contribution in [2.45, 2.75) is 43.4 Å². The number of rotatable bonds is 8. The van der Waals surface area contributed by atoms with E-state index in [4.69, 9.17) is 14.0 Å². The molecule has 4 rings (SSSR count). The zero-order valence-electron chi connectivity index (χ0n) is 17.4. The van der Waals surface area contributed by atoms with Gasteiger partial charge in [-0.2, -0.15) is 4.98 Å². The van der Waals surface area contributed by atoms with E-state index >= 15 is 0 Å². The van der Waals surface area contributed by atoms with Crippen LogP contribution in [-0.2, 0) is 4.74 Å². The molecule has 0 saturated carbocycles. The van der Waals surface area contributed by atoms with Crippen LogP contribution in [0.3, 0.4) is 0 Å². The molecule has 2 aliphatic heterocycles. The van der Waals surface area contributed by atoms with Crippen LogP contribution in [0.2, 0.25) is 0 Å². The van der Waals surface area contributed by atoms with E-state index in [-0.39, 0.29) is 5.92 Å². The molecule has 1 aromatic heterocycles. The standard InChI is InChI=1S/C22H31N3O3S/c1-16(9-14-27-19-3-5-20(29-2)6-4-19)17-7-11-25(12-8-17)22-23-21(28-24-22)18-10-13-26-15-18/h3-6,16-18H,7-15H2,1-2H3. The van der Waals surface area contributed by atoms with Gasteiger partial charge in [0.25, 0.3) is 5.95 Å². The molecule has 29 heavy (non-hydrogen) atoms. The Morgan fingerprint density at radius 3 is 2.69 bits per heavy atom. The molecule has 3 heterocycles. The van der Waals surface area contributed by atoms with Crippen LogP contribution in [0.15, 0.2) is 33.7 Å². The van der Waals surface area contributed by atoms with Crippen molar-refractivity contribution in [1.82, 2.24) is 10.1 Å². The average Bonchev–Trinajstić information content (AvgIpc) is 3.46. The minimum absolute atomic E-state index is 0.269. The van der Waals surface area contributed by atoms with Gasteiger partial charge in [-0.1, -0.05) is 6.92 Å². The van der Waals surface area contributed by atoms with Crippen LogP contribution in [0.5, 0.6) is 5.75 Å². The Bertz CT molecular complexity index is 753. The number of anilines is 1. The molecule has 158 valence electrons. The van der Waals surface area contributed by atoms with Crippen LogP contribution in [0.1, 0.15) is 44.4 Å². The molecular weight excluding hydrogens is 386 g/mol. The summed E-state index contributed by atoms with van der Waals surface area (Å²) in [6, 6.07) is 8.35. The highest BCUT2D eigenvalue weighted by molar-refractivity contribution is 7.98. The minimum atomic E-state index is 0.269. The van der Waals surface area contributed by atoms with Gasteiger partial charge in [-0.05, 0) is 73.2 Å². The summed E-state index contributed by atoms with van der Waals surface area (Å²) in [7, 11) is 0. The van der Waals surface area contributed by atoms with E-state index in [0.717, 1.165) is 62.7 Å². The molecule has 0 bridgehead atoms. The second-order valence-corrected chi connectivity index (χ2v) is 8.99. The Balaban J connectivity index is 1.19. The third kappa shape index (κ3) is 5.25. The van der Waals surface area contributed by atoms with Gasteiger partial charge in [0, 0.05) is 24.6 Å². The summed E-state index contributed by atoms with van der Waals surface area (Å²) in [5.41, 5.74) is 0. The Labute approximate surface area is 177 Å². The molecule has 2 aliphatic rings. The van der Waals surface area contributed by atoms with E-state index in [1.165, 1.54) is 17.7 Å². The SMILES string of the molecule is CSc1ccc(OCCC(C)C2CCN(c3noc(C4CCOC4)n3)CC2)cc1.